The standard InChI is InChI=1S/C22H23N3O2/c26-22(24-16-11-12-16)19-15-21(25-20-10-5-4-9-18(19)20)23-13-6-14-27-17-7-2-1-3-8-17/h1-5,7-10,15-16H,6,11-14H2,(H,23,25)(H,24,26). The van der Waals surface area contributed by atoms with Crippen LogP contribution in [-0.4, -0.2) is 30.1 Å². The van der Waals surface area contributed by atoms with Gasteiger partial charge in [0, 0.05) is 18.0 Å². The summed E-state index contributed by atoms with van der Waals surface area (Å²) in [6, 6.07) is 19.7. The van der Waals surface area contributed by atoms with Crippen LogP contribution in [-0.2, 0) is 0 Å². The summed E-state index contributed by atoms with van der Waals surface area (Å²) >= 11 is 0. The first kappa shape index (κ1) is 17.3. The third-order valence-corrected chi connectivity index (χ3v) is 4.51. The van der Waals surface area contributed by atoms with E-state index >= 15 is 0 Å². The van der Waals surface area contributed by atoms with E-state index in [1.165, 1.54) is 0 Å². The van der Waals surface area contributed by atoms with E-state index in [1.54, 1.807) is 0 Å². The van der Waals surface area contributed by atoms with E-state index in [4.69, 9.17) is 4.74 Å². The molecule has 1 amide bonds. The number of carbonyl (C=O) groups is 1. The average Bonchev–Trinajstić information content (AvgIpc) is 3.52. The number of ether oxygens (including phenoxy) is 1. The number of fused-ring (bicyclic) bond motifs is 1. The van der Waals surface area contributed by atoms with E-state index in [9.17, 15) is 4.79 Å². The number of hydrogen-bond acceptors (Lipinski definition) is 4. The van der Waals surface area contributed by atoms with Gasteiger partial charge in [-0.1, -0.05) is 36.4 Å². The molecule has 1 saturated carbocycles. The Morgan fingerprint density at radius 2 is 1.85 bits per heavy atom. The maximum absolute atomic E-state index is 12.6. The summed E-state index contributed by atoms with van der Waals surface area (Å²) in [7, 11) is 0. The van der Waals surface area contributed by atoms with Gasteiger partial charge < -0.3 is 15.4 Å². The highest BCUT2D eigenvalue weighted by atomic mass is 16.5. The topological polar surface area (TPSA) is 63.2 Å². The van der Waals surface area contributed by atoms with Crippen LogP contribution in [0.15, 0.2) is 60.7 Å². The molecule has 2 aromatic carbocycles. The van der Waals surface area contributed by atoms with Crippen LogP contribution in [0.5, 0.6) is 5.75 Å². The highest BCUT2D eigenvalue weighted by Crippen LogP contribution is 2.24. The number of amides is 1. The second-order valence-electron chi connectivity index (χ2n) is 6.76. The van der Waals surface area contributed by atoms with Crippen molar-refractivity contribution in [3.8, 4) is 5.75 Å². The SMILES string of the molecule is O=C(NC1CC1)c1cc(NCCCOc2ccccc2)nc2ccccc12. The van der Waals surface area contributed by atoms with Gasteiger partial charge in [-0.3, -0.25) is 4.79 Å². The Morgan fingerprint density at radius 3 is 2.67 bits per heavy atom. The fourth-order valence-electron chi connectivity index (χ4n) is 2.94. The zero-order valence-electron chi connectivity index (χ0n) is 15.2. The summed E-state index contributed by atoms with van der Waals surface area (Å²) in [5, 5.41) is 7.27. The molecule has 5 nitrogen and oxygen atoms in total. The predicted molar refractivity (Wildman–Crippen MR) is 107 cm³/mol. The maximum Gasteiger partial charge on any atom is 0.252 e. The van der Waals surface area contributed by atoms with E-state index in [-0.39, 0.29) is 5.91 Å². The van der Waals surface area contributed by atoms with Crippen LogP contribution < -0.4 is 15.4 Å². The van der Waals surface area contributed by atoms with Crippen molar-refractivity contribution < 1.29 is 9.53 Å². The van der Waals surface area contributed by atoms with E-state index in [1.807, 2.05) is 60.7 Å². The van der Waals surface area contributed by atoms with Crippen LogP contribution in [0.25, 0.3) is 10.9 Å². The predicted octanol–water partition coefficient (Wildman–Crippen LogP) is 4.01. The zero-order chi connectivity index (χ0) is 18.5. The summed E-state index contributed by atoms with van der Waals surface area (Å²) in [6.45, 7) is 1.35. The van der Waals surface area contributed by atoms with Crippen LogP contribution in [0.1, 0.15) is 29.6 Å². The molecule has 5 heteroatoms. The van der Waals surface area contributed by atoms with Gasteiger partial charge in [0.15, 0.2) is 0 Å². The molecular weight excluding hydrogens is 338 g/mol. The summed E-state index contributed by atoms with van der Waals surface area (Å²) in [6.07, 6.45) is 2.98. The van der Waals surface area contributed by atoms with Crippen LogP contribution in [0, 0.1) is 0 Å². The molecule has 2 N–H and O–H groups in total. The van der Waals surface area contributed by atoms with Crippen LogP contribution >= 0.6 is 0 Å². The van der Waals surface area contributed by atoms with Crippen molar-refractivity contribution in [2.45, 2.75) is 25.3 Å². The zero-order valence-corrected chi connectivity index (χ0v) is 15.2. The largest absolute Gasteiger partial charge is 0.494 e. The molecule has 0 saturated heterocycles. The Hall–Kier alpha value is -3.08. The second-order valence-corrected chi connectivity index (χ2v) is 6.76. The Balaban J connectivity index is 1.39. The summed E-state index contributed by atoms with van der Waals surface area (Å²) in [4.78, 5) is 17.2. The second kappa shape index (κ2) is 8.08. The number of aromatic nitrogens is 1. The quantitative estimate of drug-likeness (QED) is 0.595. The average molecular weight is 361 g/mol. The van der Waals surface area contributed by atoms with Gasteiger partial charge in [0.1, 0.15) is 11.6 Å². The summed E-state index contributed by atoms with van der Waals surface area (Å²) in [5.74, 6) is 1.57. The molecule has 0 aliphatic heterocycles. The lowest BCUT2D eigenvalue weighted by Crippen LogP contribution is -2.25. The number of nitrogens with one attached hydrogen (secondary N) is 2. The first-order valence-corrected chi connectivity index (χ1v) is 9.42. The van der Waals surface area contributed by atoms with Gasteiger partial charge in [-0.25, -0.2) is 4.98 Å². The van der Waals surface area contributed by atoms with Gasteiger partial charge in [-0.05, 0) is 43.5 Å². The minimum Gasteiger partial charge on any atom is -0.494 e. The van der Waals surface area contributed by atoms with Crippen LogP contribution in [0.2, 0.25) is 0 Å². The van der Waals surface area contributed by atoms with E-state index < -0.39 is 0 Å². The van der Waals surface area contributed by atoms with Gasteiger partial charge in [0.25, 0.3) is 5.91 Å². The molecule has 0 radical (unpaired) electrons. The lowest BCUT2D eigenvalue weighted by molar-refractivity contribution is 0.0952. The van der Waals surface area contributed by atoms with Crippen molar-refractivity contribution in [3.05, 3.63) is 66.2 Å². The number of rotatable bonds is 8. The van der Waals surface area contributed by atoms with Gasteiger partial charge in [-0.2, -0.15) is 0 Å². The number of para-hydroxylation sites is 2. The van der Waals surface area contributed by atoms with Crippen molar-refractivity contribution in [1.29, 1.82) is 0 Å². The Labute approximate surface area is 158 Å². The molecule has 138 valence electrons. The fraction of sp³-hybridized carbons (Fsp3) is 0.273. The molecule has 1 aliphatic rings. The molecular formula is C22H23N3O2. The maximum atomic E-state index is 12.6. The summed E-state index contributed by atoms with van der Waals surface area (Å²) < 4.78 is 5.70. The third-order valence-electron chi connectivity index (χ3n) is 4.51. The van der Waals surface area contributed by atoms with Crippen LogP contribution in [0.3, 0.4) is 0 Å². The Morgan fingerprint density at radius 1 is 1.07 bits per heavy atom. The Kier molecular flexibility index (Phi) is 5.19. The Bertz CT molecular complexity index is 923. The lowest BCUT2D eigenvalue weighted by atomic mass is 10.1. The van der Waals surface area contributed by atoms with Crippen molar-refractivity contribution in [1.82, 2.24) is 10.3 Å². The first-order chi connectivity index (χ1) is 13.3. The monoisotopic (exact) mass is 361 g/mol. The van der Waals surface area contributed by atoms with Gasteiger partial charge in [0.2, 0.25) is 0 Å². The lowest BCUT2D eigenvalue weighted by Gasteiger charge is -2.12. The number of anilines is 1. The molecule has 0 spiro atoms. The van der Waals surface area contributed by atoms with Crippen molar-refractivity contribution in [2.75, 3.05) is 18.5 Å². The molecule has 0 unspecified atom stereocenters. The van der Waals surface area contributed by atoms with Crippen molar-refractivity contribution >= 4 is 22.6 Å². The molecule has 1 heterocycles. The smallest absolute Gasteiger partial charge is 0.252 e. The van der Waals surface area contributed by atoms with Crippen molar-refractivity contribution in [3.63, 3.8) is 0 Å². The molecule has 1 aromatic heterocycles. The highest BCUT2D eigenvalue weighted by Gasteiger charge is 2.24. The molecule has 1 aliphatic carbocycles. The number of pyridine rings is 1. The normalized spacial score (nSPS) is 13.3. The van der Waals surface area contributed by atoms with E-state index in [0.717, 1.165) is 42.5 Å². The molecule has 0 bridgehead atoms. The van der Waals surface area contributed by atoms with Gasteiger partial charge >= 0.3 is 0 Å². The highest BCUT2D eigenvalue weighted by molar-refractivity contribution is 6.07. The van der Waals surface area contributed by atoms with Crippen molar-refractivity contribution in [2.24, 2.45) is 0 Å². The molecule has 0 atom stereocenters. The minimum atomic E-state index is -0.0217. The minimum absolute atomic E-state index is 0.0217. The van der Waals surface area contributed by atoms with Crippen LogP contribution in [0.4, 0.5) is 5.82 Å². The number of carbonyl (C=O) groups excluding carboxylic acids is 1. The molecule has 1 fully saturated rings. The molecule has 27 heavy (non-hydrogen) atoms. The van der Waals surface area contributed by atoms with Gasteiger partial charge in [0.05, 0.1) is 17.7 Å². The third kappa shape index (κ3) is 4.56. The molecule has 4 rings (SSSR count). The molecule has 3 aromatic rings. The fourth-order valence-corrected chi connectivity index (χ4v) is 2.94. The first-order valence-electron chi connectivity index (χ1n) is 9.42. The number of benzene rings is 2. The van der Waals surface area contributed by atoms with Gasteiger partial charge in [-0.15, -0.1) is 0 Å². The van der Waals surface area contributed by atoms with E-state index in [0.29, 0.717) is 24.0 Å². The number of hydrogen-bond donors (Lipinski definition) is 2. The van der Waals surface area contributed by atoms with E-state index in [2.05, 4.69) is 15.6 Å². The summed E-state index contributed by atoms with van der Waals surface area (Å²) in [5.41, 5.74) is 1.50. The number of nitrogens with zero attached hydrogens (tertiary/aromatic N) is 1.